The summed E-state index contributed by atoms with van der Waals surface area (Å²) < 4.78 is 30.5. The molecule has 0 unspecified atom stereocenters. The largest absolute Gasteiger partial charge is 0.433 e. The Hall–Kier alpha value is -3.72. The molecule has 2 aliphatic rings. The van der Waals surface area contributed by atoms with Crippen molar-refractivity contribution >= 4 is 5.97 Å². The van der Waals surface area contributed by atoms with E-state index in [0.717, 1.165) is 16.7 Å². The van der Waals surface area contributed by atoms with Gasteiger partial charge in [-0.1, -0.05) is 96.1 Å². The molecule has 0 aliphatic carbocycles. The minimum absolute atomic E-state index is 0.0206. The molecule has 3 aromatic carbocycles. The molecule has 0 spiro atoms. The number of fused-ring (bicyclic) bond motifs is 1. The van der Waals surface area contributed by atoms with E-state index in [1.165, 1.54) is 6.92 Å². The van der Waals surface area contributed by atoms with Crippen molar-refractivity contribution in [2.45, 2.75) is 62.8 Å². The van der Waals surface area contributed by atoms with Crippen molar-refractivity contribution in [2.24, 2.45) is 5.11 Å². The van der Waals surface area contributed by atoms with E-state index in [0.29, 0.717) is 0 Å². The number of hydrogen-bond acceptors (Lipinski definition) is 7. The van der Waals surface area contributed by atoms with Crippen molar-refractivity contribution in [2.75, 3.05) is 6.61 Å². The molecule has 0 N–H and O–H groups in total. The first-order valence-electron chi connectivity index (χ1n) is 12.9. The molecule has 0 saturated carbocycles. The van der Waals surface area contributed by atoms with E-state index in [2.05, 4.69) is 10.0 Å². The minimum Gasteiger partial charge on any atom is -0.433 e. The zero-order valence-electron chi connectivity index (χ0n) is 22.0. The average molecular weight is 530 g/mol. The molecular formula is C30H31N3O6. The van der Waals surface area contributed by atoms with Gasteiger partial charge >= 0.3 is 5.97 Å². The number of benzene rings is 3. The van der Waals surface area contributed by atoms with Crippen molar-refractivity contribution in [1.82, 2.24) is 0 Å². The monoisotopic (exact) mass is 529 g/mol. The Morgan fingerprint density at radius 3 is 1.87 bits per heavy atom. The van der Waals surface area contributed by atoms with Gasteiger partial charge in [0.25, 0.3) is 0 Å². The maximum atomic E-state index is 11.8. The second-order valence-electron chi connectivity index (χ2n) is 10.0. The summed E-state index contributed by atoms with van der Waals surface area (Å²) in [5.41, 5.74) is 11.2. The number of esters is 1. The molecule has 2 fully saturated rings. The highest BCUT2D eigenvalue weighted by molar-refractivity contribution is 5.66. The molecule has 9 heteroatoms. The van der Waals surface area contributed by atoms with Crippen LogP contribution in [-0.4, -0.2) is 49.0 Å². The van der Waals surface area contributed by atoms with Gasteiger partial charge in [-0.2, -0.15) is 0 Å². The van der Waals surface area contributed by atoms with Crippen LogP contribution in [0.1, 0.15) is 37.5 Å². The van der Waals surface area contributed by atoms with Crippen LogP contribution in [0.3, 0.4) is 0 Å². The fraction of sp³-hybridized carbons (Fsp3) is 0.367. The van der Waals surface area contributed by atoms with Gasteiger partial charge in [-0.25, -0.2) is 0 Å². The molecule has 2 heterocycles. The maximum Gasteiger partial charge on any atom is 0.305 e. The van der Waals surface area contributed by atoms with Crippen molar-refractivity contribution in [3.8, 4) is 0 Å². The van der Waals surface area contributed by atoms with E-state index < -0.39 is 48.0 Å². The predicted molar refractivity (Wildman–Crippen MR) is 142 cm³/mol. The third-order valence-electron chi connectivity index (χ3n) is 6.92. The number of hydrogen-bond donors (Lipinski definition) is 0. The summed E-state index contributed by atoms with van der Waals surface area (Å²) in [4.78, 5) is 14.9. The van der Waals surface area contributed by atoms with Gasteiger partial charge in [0.15, 0.2) is 11.9 Å². The molecule has 39 heavy (non-hydrogen) atoms. The lowest BCUT2D eigenvalue weighted by Gasteiger charge is -2.37. The molecule has 5 atom stereocenters. The van der Waals surface area contributed by atoms with Gasteiger partial charge in [-0.3, -0.25) is 4.79 Å². The number of carbonyl (C=O) groups is 1. The Balaban J connectivity index is 1.54. The van der Waals surface area contributed by atoms with Crippen LogP contribution in [0.25, 0.3) is 10.4 Å². The number of rotatable bonds is 9. The van der Waals surface area contributed by atoms with Gasteiger partial charge in [0.2, 0.25) is 6.29 Å². The van der Waals surface area contributed by atoms with Crippen molar-refractivity contribution in [3.63, 3.8) is 0 Å². The molecule has 3 aromatic rings. The molecule has 0 radical (unpaired) electrons. The quantitative estimate of drug-likeness (QED) is 0.119. The molecule has 2 saturated heterocycles. The lowest BCUT2D eigenvalue weighted by molar-refractivity contribution is -0.234. The number of carbonyl (C=O) groups excluding carboxylic acids is 1. The molecule has 2 aliphatic heterocycles. The summed E-state index contributed by atoms with van der Waals surface area (Å²) in [6.45, 7) is 4.83. The summed E-state index contributed by atoms with van der Waals surface area (Å²) in [7, 11) is 0. The van der Waals surface area contributed by atoms with Gasteiger partial charge in [0.05, 0.1) is 12.6 Å². The van der Waals surface area contributed by atoms with Crippen LogP contribution in [-0.2, 0) is 34.1 Å². The second-order valence-corrected chi connectivity index (χ2v) is 10.0. The lowest BCUT2D eigenvalue weighted by Crippen LogP contribution is -2.43. The first-order chi connectivity index (χ1) is 18.8. The first kappa shape index (κ1) is 26.9. The zero-order chi connectivity index (χ0) is 27.5. The Morgan fingerprint density at radius 2 is 1.41 bits per heavy atom. The van der Waals surface area contributed by atoms with Gasteiger partial charge in [-0.05, 0) is 36.1 Å². The highest BCUT2D eigenvalue weighted by Gasteiger charge is 2.58. The van der Waals surface area contributed by atoms with Gasteiger partial charge in [-0.15, -0.1) is 0 Å². The number of azide groups is 1. The molecule has 9 nitrogen and oxygen atoms in total. The normalized spacial score (nSPS) is 24.4. The van der Waals surface area contributed by atoms with Crippen LogP contribution in [0.5, 0.6) is 0 Å². The van der Waals surface area contributed by atoms with E-state index in [9.17, 15) is 10.3 Å². The van der Waals surface area contributed by atoms with E-state index in [-0.39, 0.29) is 6.61 Å². The SMILES string of the molecule is CC(=O)O[C@H]1O[C@H]([C@@H](COC(c2ccccc2)(c2ccccc2)c2ccccc2)N=[N+]=[N-])[C@@H]2OC(C)(C)O[C@H]12. The van der Waals surface area contributed by atoms with E-state index in [1.807, 2.05) is 91.0 Å². The van der Waals surface area contributed by atoms with Crippen LogP contribution >= 0.6 is 0 Å². The zero-order valence-corrected chi connectivity index (χ0v) is 22.0. The maximum absolute atomic E-state index is 11.8. The standard InChI is InChI=1S/C30H31N3O6/c1-20(34)36-28-27-26(38-29(2,3)39-27)25(37-28)24(32-33-31)19-35-30(21-13-7-4-8-14-21,22-15-9-5-10-16-22)23-17-11-6-12-18-23/h4-18,24-28H,19H2,1-3H3/t24-,25-,26+,27+,28+/m1/s1. The van der Waals surface area contributed by atoms with Crippen molar-refractivity contribution in [1.29, 1.82) is 0 Å². The number of nitrogens with zero attached hydrogens (tertiary/aromatic N) is 3. The molecule has 202 valence electrons. The van der Waals surface area contributed by atoms with Crippen molar-refractivity contribution in [3.05, 3.63) is 118 Å². The van der Waals surface area contributed by atoms with E-state index in [4.69, 9.17) is 23.7 Å². The summed E-state index contributed by atoms with van der Waals surface area (Å²) in [6.07, 6.45) is -3.09. The third-order valence-corrected chi connectivity index (χ3v) is 6.92. The molecule has 0 bridgehead atoms. The smallest absolute Gasteiger partial charge is 0.305 e. The van der Waals surface area contributed by atoms with Gasteiger partial charge in [0.1, 0.15) is 17.8 Å². The van der Waals surface area contributed by atoms with Crippen molar-refractivity contribution < 1.29 is 28.5 Å². The highest BCUT2D eigenvalue weighted by atomic mass is 16.8. The average Bonchev–Trinajstić information content (AvgIpc) is 3.43. The molecule has 0 aromatic heterocycles. The molecule has 5 rings (SSSR count). The van der Waals surface area contributed by atoms with Crippen LogP contribution in [0, 0.1) is 0 Å². The van der Waals surface area contributed by atoms with Crippen LogP contribution in [0.2, 0.25) is 0 Å². The van der Waals surface area contributed by atoms with Crippen LogP contribution < -0.4 is 0 Å². The summed E-state index contributed by atoms with van der Waals surface area (Å²) in [5.74, 6) is -1.44. The van der Waals surface area contributed by atoms with E-state index in [1.54, 1.807) is 13.8 Å². The lowest BCUT2D eigenvalue weighted by atomic mass is 9.80. The van der Waals surface area contributed by atoms with Crippen LogP contribution in [0.4, 0.5) is 0 Å². The van der Waals surface area contributed by atoms with Crippen LogP contribution in [0.15, 0.2) is 96.1 Å². The molecular weight excluding hydrogens is 498 g/mol. The minimum atomic E-state index is -1.02. The summed E-state index contributed by atoms with van der Waals surface area (Å²) in [5, 5.41) is 4.07. The Morgan fingerprint density at radius 1 is 0.923 bits per heavy atom. The summed E-state index contributed by atoms with van der Waals surface area (Å²) >= 11 is 0. The van der Waals surface area contributed by atoms with E-state index >= 15 is 0 Å². The Labute approximate surface area is 227 Å². The molecule has 0 amide bonds. The fourth-order valence-electron chi connectivity index (χ4n) is 5.40. The second kappa shape index (κ2) is 11.2. The predicted octanol–water partition coefficient (Wildman–Crippen LogP) is 5.48. The van der Waals surface area contributed by atoms with Gasteiger partial charge < -0.3 is 23.7 Å². The summed E-state index contributed by atoms with van der Waals surface area (Å²) in [6, 6.07) is 28.9. The topological polar surface area (TPSA) is 112 Å². The third kappa shape index (κ3) is 5.41. The number of ether oxygens (including phenoxy) is 5. The van der Waals surface area contributed by atoms with Gasteiger partial charge in [0, 0.05) is 11.8 Å². The Bertz CT molecular complexity index is 1220. The Kier molecular flexibility index (Phi) is 7.70. The fourth-order valence-corrected chi connectivity index (χ4v) is 5.40. The first-order valence-corrected chi connectivity index (χ1v) is 12.9. The highest BCUT2D eigenvalue weighted by Crippen LogP contribution is 2.43.